The second-order valence-electron chi connectivity index (χ2n) is 5.74. The monoisotopic (exact) mass is 317 g/mol. The van der Waals surface area contributed by atoms with Crippen molar-refractivity contribution < 1.29 is 13.6 Å². The largest absolute Gasteiger partial charge is 0.441 e. The molecule has 2 aromatic rings. The highest BCUT2D eigenvalue weighted by atomic mass is 19.1. The summed E-state index contributed by atoms with van der Waals surface area (Å²) in [4.78, 5) is 18.3. The first-order valence-electron chi connectivity index (χ1n) is 7.85. The molecular formula is C17H20FN3O2. The first kappa shape index (κ1) is 15.7. The second-order valence-corrected chi connectivity index (χ2v) is 5.74. The summed E-state index contributed by atoms with van der Waals surface area (Å²) >= 11 is 0. The maximum atomic E-state index is 13.7. The van der Waals surface area contributed by atoms with E-state index < -0.39 is 0 Å². The zero-order valence-corrected chi connectivity index (χ0v) is 13.1. The molecule has 5 nitrogen and oxygen atoms in total. The Morgan fingerprint density at radius 3 is 3.09 bits per heavy atom. The number of aromatic nitrogens is 1. The summed E-state index contributed by atoms with van der Waals surface area (Å²) in [5, 5.41) is 3.26. The molecule has 0 unspecified atom stereocenters. The molecular weight excluding hydrogens is 297 g/mol. The van der Waals surface area contributed by atoms with Gasteiger partial charge in [0.25, 0.3) is 0 Å². The van der Waals surface area contributed by atoms with Crippen molar-refractivity contribution >= 4 is 5.91 Å². The summed E-state index contributed by atoms with van der Waals surface area (Å²) in [5.74, 6) is 0.603. The molecule has 0 spiro atoms. The van der Waals surface area contributed by atoms with Crippen LogP contribution < -0.4 is 5.32 Å². The Kier molecular flexibility index (Phi) is 4.71. The van der Waals surface area contributed by atoms with E-state index in [1.165, 1.54) is 12.3 Å². The molecule has 1 amide bonds. The molecule has 0 aliphatic carbocycles. The van der Waals surface area contributed by atoms with Gasteiger partial charge in [-0.25, -0.2) is 9.37 Å². The van der Waals surface area contributed by atoms with Gasteiger partial charge in [0.1, 0.15) is 5.82 Å². The summed E-state index contributed by atoms with van der Waals surface area (Å²) in [7, 11) is 0. The lowest BCUT2D eigenvalue weighted by Gasteiger charge is -2.34. The van der Waals surface area contributed by atoms with Crippen LogP contribution in [0.2, 0.25) is 0 Å². The SMILES string of the molecule is C[C@H]1CNCCN1C(=O)CCc1ncc(-c2ccccc2F)o1. The van der Waals surface area contributed by atoms with Gasteiger partial charge in [-0.2, -0.15) is 0 Å². The third-order valence-electron chi connectivity index (χ3n) is 4.07. The average molecular weight is 317 g/mol. The molecule has 1 aliphatic rings. The number of carbonyl (C=O) groups is 1. The minimum absolute atomic E-state index is 0.102. The lowest BCUT2D eigenvalue weighted by atomic mass is 10.2. The van der Waals surface area contributed by atoms with Crippen LogP contribution >= 0.6 is 0 Å². The number of carbonyl (C=O) groups excluding carboxylic acids is 1. The van der Waals surface area contributed by atoms with E-state index in [1.54, 1.807) is 18.2 Å². The van der Waals surface area contributed by atoms with Crippen LogP contribution in [0.15, 0.2) is 34.9 Å². The van der Waals surface area contributed by atoms with Crippen molar-refractivity contribution in [1.29, 1.82) is 0 Å². The third kappa shape index (κ3) is 3.59. The van der Waals surface area contributed by atoms with Crippen LogP contribution in [-0.4, -0.2) is 41.5 Å². The van der Waals surface area contributed by atoms with Crippen LogP contribution in [0.3, 0.4) is 0 Å². The Morgan fingerprint density at radius 1 is 1.48 bits per heavy atom. The molecule has 1 aromatic heterocycles. The Morgan fingerprint density at radius 2 is 2.30 bits per heavy atom. The maximum Gasteiger partial charge on any atom is 0.223 e. The van der Waals surface area contributed by atoms with Crippen LogP contribution in [0, 0.1) is 5.82 Å². The van der Waals surface area contributed by atoms with Crippen molar-refractivity contribution in [3.8, 4) is 11.3 Å². The van der Waals surface area contributed by atoms with E-state index in [9.17, 15) is 9.18 Å². The number of nitrogens with zero attached hydrogens (tertiary/aromatic N) is 2. The van der Waals surface area contributed by atoms with Crippen molar-refractivity contribution in [3.63, 3.8) is 0 Å². The fourth-order valence-corrected chi connectivity index (χ4v) is 2.78. The first-order chi connectivity index (χ1) is 11.1. The number of halogens is 1. The number of amides is 1. The quantitative estimate of drug-likeness (QED) is 0.939. The molecule has 1 aliphatic heterocycles. The normalized spacial score (nSPS) is 18.2. The third-order valence-corrected chi connectivity index (χ3v) is 4.07. The van der Waals surface area contributed by atoms with Crippen molar-refractivity contribution in [2.75, 3.05) is 19.6 Å². The fourth-order valence-electron chi connectivity index (χ4n) is 2.78. The van der Waals surface area contributed by atoms with Gasteiger partial charge in [0, 0.05) is 38.5 Å². The van der Waals surface area contributed by atoms with Gasteiger partial charge in [-0.05, 0) is 19.1 Å². The lowest BCUT2D eigenvalue weighted by molar-refractivity contribution is -0.134. The van der Waals surface area contributed by atoms with Crippen LogP contribution in [0.5, 0.6) is 0 Å². The van der Waals surface area contributed by atoms with Crippen molar-refractivity contribution in [2.45, 2.75) is 25.8 Å². The Bertz CT molecular complexity index is 686. The first-order valence-corrected chi connectivity index (χ1v) is 7.85. The molecule has 122 valence electrons. The molecule has 1 atom stereocenters. The summed E-state index contributed by atoms with van der Waals surface area (Å²) in [6.45, 7) is 4.41. The predicted octanol–water partition coefficient (Wildman–Crippen LogP) is 2.23. The Hall–Kier alpha value is -2.21. The molecule has 3 rings (SSSR count). The van der Waals surface area contributed by atoms with E-state index in [0.29, 0.717) is 30.1 Å². The Balaban J connectivity index is 1.61. The number of hydrogen-bond acceptors (Lipinski definition) is 4. The average Bonchev–Trinajstić information content (AvgIpc) is 3.02. The smallest absolute Gasteiger partial charge is 0.223 e. The molecule has 0 saturated carbocycles. The number of benzene rings is 1. The number of rotatable bonds is 4. The van der Waals surface area contributed by atoms with Gasteiger partial charge in [0.2, 0.25) is 5.91 Å². The number of aryl methyl sites for hydroxylation is 1. The second kappa shape index (κ2) is 6.91. The molecule has 0 bridgehead atoms. The van der Waals surface area contributed by atoms with E-state index in [2.05, 4.69) is 10.3 Å². The van der Waals surface area contributed by atoms with Gasteiger partial charge in [-0.1, -0.05) is 12.1 Å². The summed E-state index contributed by atoms with van der Waals surface area (Å²) < 4.78 is 19.3. The maximum absolute atomic E-state index is 13.7. The van der Waals surface area contributed by atoms with Gasteiger partial charge in [-0.15, -0.1) is 0 Å². The zero-order valence-electron chi connectivity index (χ0n) is 13.1. The van der Waals surface area contributed by atoms with E-state index in [0.717, 1.165) is 19.6 Å². The minimum atomic E-state index is -0.346. The topological polar surface area (TPSA) is 58.4 Å². The summed E-state index contributed by atoms with van der Waals surface area (Å²) in [6, 6.07) is 6.61. The van der Waals surface area contributed by atoms with Crippen molar-refractivity contribution in [1.82, 2.24) is 15.2 Å². The van der Waals surface area contributed by atoms with Crippen LogP contribution in [-0.2, 0) is 11.2 Å². The molecule has 2 heterocycles. The van der Waals surface area contributed by atoms with Crippen molar-refractivity contribution in [2.24, 2.45) is 0 Å². The summed E-state index contributed by atoms with van der Waals surface area (Å²) in [6.07, 6.45) is 2.27. The molecule has 6 heteroatoms. The number of oxazole rings is 1. The van der Waals surface area contributed by atoms with Gasteiger partial charge in [-0.3, -0.25) is 4.79 Å². The molecule has 1 N–H and O–H groups in total. The van der Waals surface area contributed by atoms with Gasteiger partial charge in [0.15, 0.2) is 11.7 Å². The molecule has 1 saturated heterocycles. The van der Waals surface area contributed by atoms with Gasteiger partial charge >= 0.3 is 0 Å². The van der Waals surface area contributed by atoms with E-state index in [4.69, 9.17) is 4.42 Å². The highest BCUT2D eigenvalue weighted by Crippen LogP contribution is 2.23. The minimum Gasteiger partial charge on any atom is -0.441 e. The summed E-state index contributed by atoms with van der Waals surface area (Å²) in [5.41, 5.74) is 0.383. The number of hydrogen-bond donors (Lipinski definition) is 1. The van der Waals surface area contributed by atoms with E-state index in [-0.39, 0.29) is 17.8 Å². The number of nitrogens with one attached hydrogen (secondary N) is 1. The van der Waals surface area contributed by atoms with Crippen LogP contribution in [0.25, 0.3) is 11.3 Å². The van der Waals surface area contributed by atoms with E-state index in [1.807, 2.05) is 11.8 Å². The molecule has 1 aromatic carbocycles. The fraction of sp³-hybridized carbons (Fsp3) is 0.412. The highest BCUT2D eigenvalue weighted by molar-refractivity contribution is 5.76. The van der Waals surface area contributed by atoms with Crippen LogP contribution in [0.4, 0.5) is 4.39 Å². The van der Waals surface area contributed by atoms with E-state index >= 15 is 0 Å². The zero-order chi connectivity index (χ0) is 16.2. The molecule has 23 heavy (non-hydrogen) atoms. The molecule has 0 radical (unpaired) electrons. The lowest BCUT2D eigenvalue weighted by Crippen LogP contribution is -2.52. The highest BCUT2D eigenvalue weighted by Gasteiger charge is 2.23. The number of piperazine rings is 1. The predicted molar refractivity (Wildman–Crippen MR) is 84.3 cm³/mol. The van der Waals surface area contributed by atoms with Crippen LogP contribution in [0.1, 0.15) is 19.2 Å². The van der Waals surface area contributed by atoms with Crippen molar-refractivity contribution in [3.05, 3.63) is 42.2 Å². The standard InChI is InChI=1S/C17H20FN3O2/c1-12-10-19-8-9-21(12)17(22)7-6-16-20-11-15(23-16)13-4-2-3-5-14(13)18/h2-5,11-12,19H,6-10H2,1H3/t12-/m0/s1. The van der Waals surface area contributed by atoms with Gasteiger partial charge in [0.05, 0.1) is 11.8 Å². The van der Waals surface area contributed by atoms with Gasteiger partial charge < -0.3 is 14.6 Å². The Labute approximate surface area is 134 Å². The molecule has 1 fully saturated rings.